The van der Waals surface area contributed by atoms with E-state index in [4.69, 9.17) is 5.73 Å². The van der Waals surface area contributed by atoms with Crippen LogP contribution in [0.4, 0.5) is 11.4 Å². The lowest BCUT2D eigenvalue weighted by Gasteiger charge is -2.29. The van der Waals surface area contributed by atoms with E-state index in [0.29, 0.717) is 17.8 Å². The highest BCUT2D eigenvalue weighted by Crippen LogP contribution is 2.30. The summed E-state index contributed by atoms with van der Waals surface area (Å²) in [6, 6.07) is 5.49. The van der Waals surface area contributed by atoms with Crippen LogP contribution in [-0.2, 0) is 0 Å². The molecule has 2 rings (SSSR count). The Bertz CT molecular complexity index is 487. The standard InChI is InChI=1S/C17H27N3O/c1-3-19-17(21)13-8-9-16(15(18)10-13)20-11-14-7-5-4-6-12(14)2/h8-10,12,14,20H,3-7,11,18H2,1-2H3,(H,19,21). The summed E-state index contributed by atoms with van der Waals surface area (Å²) in [4.78, 5) is 11.8. The van der Waals surface area contributed by atoms with E-state index in [0.717, 1.165) is 24.1 Å². The molecule has 1 aliphatic rings. The Morgan fingerprint density at radius 1 is 1.33 bits per heavy atom. The van der Waals surface area contributed by atoms with Gasteiger partial charge in [-0.3, -0.25) is 4.79 Å². The maximum Gasteiger partial charge on any atom is 0.251 e. The number of rotatable bonds is 5. The van der Waals surface area contributed by atoms with Gasteiger partial charge in [0.2, 0.25) is 0 Å². The Labute approximate surface area is 127 Å². The first-order valence-corrected chi connectivity index (χ1v) is 8.03. The summed E-state index contributed by atoms with van der Waals surface area (Å²) in [5, 5.41) is 6.24. The summed E-state index contributed by atoms with van der Waals surface area (Å²) in [5.74, 6) is 1.43. The van der Waals surface area contributed by atoms with Crippen molar-refractivity contribution in [3.63, 3.8) is 0 Å². The molecule has 0 spiro atoms. The van der Waals surface area contributed by atoms with Crippen molar-refractivity contribution in [2.45, 2.75) is 39.5 Å². The molecule has 116 valence electrons. The van der Waals surface area contributed by atoms with Gasteiger partial charge in [0.25, 0.3) is 5.91 Å². The molecule has 0 bridgehead atoms. The summed E-state index contributed by atoms with van der Waals surface area (Å²) in [6.07, 6.45) is 5.33. The van der Waals surface area contributed by atoms with E-state index in [1.165, 1.54) is 25.7 Å². The van der Waals surface area contributed by atoms with E-state index < -0.39 is 0 Å². The highest BCUT2D eigenvalue weighted by Gasteiger charge is 2.21. The molecule has 0 saturated heterocycles. The number of hydrogen-bond acceptors (Lipinski definition) is 3. The molecule has 21 heavy (non-hydrogen) atoms. The first kappa shape index (κ1) is 15.7. The van der Waals surface area contributed by atoms with Crippen LogP contribution in [-0.4, -0.2) is 19.0 Å². The lowest BCUT2D eigenvalue weighted by atomic mass is 9.80. The molecule has 4 N–H and O–H groups in total. The second-order valence-corrected chi connectivity index (χ2v) is 6.06. The number of hydrogen-bond donors (Lipinski definition) is 3. The Morgan fingerprint density at radius 2 is 2.10 bits per heavy atom. The molecular weight excluding hydrogens is 262 g/mol. The topological polar surface area (TPSA) is 67.2 Å². The Balaban J connectivity index is 1.96. The third-order valence-corrected chi connectivity index (χ3v) is 4.49. The van der Waals surface area contributed by atoms with Crippen LogP contribution in [0.15, 0.2) is 18.2 Å². The molecule has 0 aliphatic heterocycles. The zero-order valence-electron chi connectivity index (χ0n) is 13.1. The molecule has 1 aliphatic carbocycles. The fraction of sp³-hybridized carbons (Fsp3) is 0.588. The average Bonchev–Trinajstić information content (AvgIpc) is 2.47. The number of amides is 1. The van der Waals surface area contributed by atoms with Gasteiger partial charge < -0.3 is 16.4 Å². The Morgan fingerprint density at radius 3 is 2.76 bits per heavy atom. The van der Waals surface area contributed by atoms with Gasteiger partial charge in [-0.25, -0.2) is 0 Å². The first-order chi connectivity index (χ1) is 10.1. The van der Waals surface area contributed by atoms with Gasteiger partial charge >= 0.3 is 0 Å². The van der Waals surface area contributed by atoms with Gasteiger partial charge in [-0.2, -0.15) is 0 Å². The van der Waals surface area contributed by atoms with Gasteiger partial charge in [0, 0.05) is 18.7 Å². The van der Waals surface area contributed by atoms with E-state index >= 15 is 0 Å². The van der Waals surface area contributed by atoms with Gasteiger partial charge in [0.1, 0.15) is 0 Å². The third-order valence-electron chi connectivity index (χ3n) is 4.49. The van der Waals surface area contributed by atoms with Gasteiger partial charge in [0.15, 0.2) is 0 Å². The average molecular weight is 289 g/mol. The second-order valence-electron chi connectivity index (χ2n) is 6.06. The monoisotopic (exact) mass is 289 g/mol. The summed E-state index contributed by atoms with van der Waals surface area (Å²) in [6.45, 7) is 5.83. The predicted octanol–water partition coefficient (Wildman–Crippen LogP) is 3.26. The zero-order valence-corrected chi connectivity index (χ0v) is 13.1. The van der Waals surface area contributed by atoms with Crippen LogP contribution in [0.25, 0.3) is 0 Å². The quantitative estimate of drug-likeness (QED) is 0.729. The van der Waals surface area contributed by atoms with Crippen LogP contribution in [0, 0.1) is 11.8 Å². The van der Waals surface area contributed by atoms with Crippen molar-refractivity contribution in [2.24, 2.45) is 11.8 Å². The van der Waals surface area contributed by atoms with Crippen molar-refractivity contribution in [3.8, 4) is 0 Å². The minimum atomic E-state index is -0.0725. The zero-order chi connectivity index (χ0) is 15.2. The minimum absolute atomic E-state index is 0.0725. The van der Waals surface area contributed by atoms with Gasteiger partial charge in [0.05, 0.1) is 11.4 Å². The van der Waals surface area contributed by atoms with Gasteiger partial charge in [-0.1, -0.05) is 26.2 Å². The van der Waals surface area contributed by atoms with Crippen molar-refractivity contribution >= 4 is 17.3 Å². The summed E-state index contributed by atoms with van der Waals surface area (Å²) < 4.78 is 0. The van der Waals surface area contributed by atoms with Crippen LogP contribution in [0.5, 0.6) is 0 Å². The normalized spacial score (nSPS) is 21.8. The fourth-order valence-corrected chi connectivity index (χ4v) is 3.06. The molecule has 0 radical (unpaired) electrons. The number of nitrogens with one attached hydrogen (secondary N) is 2. The number of benzene rings is 1. The molecule has 1 aromatic rings. The predicted molar refractivity (Wildman–Crippen MR) is 88.5 cm³/mol. The largest absolute Gasteiger partial charge is 0.397 e. The maximum atomic E-state index is 11.8. The Kier molecular flexibility index (Phi) is 5.48. The molecule has 2 unspecified atom stereocenters. The van der Waals surface area contributed by atoms with Gasteiger partial charge in [-0.05, 0) is 43.4 Å². The highest BCUT2D eigenvalue weighted by molar-refractivity contribution is 5.96. The molecule has 4 nitrogen and oxygen atoms in total. The van der Waals surface area contributed by atoms with Crippen LogP contribution in [0.1, 0.15) is 49.9 Å². The van der Waals surface area contributed by atoms with Crippen LogP contribution in [0.2, 0.25) is 0 Å². The van der Waals surface area contributed by atoms with E-state index in [-0.39, 0.29) is 5.91 Å². The lowest BCUT2D eigenvalue weighted by Crippen LogP contribution is -2.25. The second kappa shape index (κ2) is 7.34. The SMILES string of the molecule is CCNC(=O)c1ccc(NCC2CCCCC2C)c(N)c1. The number of nitrogens with two attached hydrogens (primary N) is 1. The van der Waals surface area contributed by atoms with Crippen molar-refractivity contribution in [1.29, 1.82) is 0 Å². The molecule has 1 aromatic carbocycles. The smallest absolute Gasteiger partial charge is 0.251 e. The molecule has 2 atom stereocenters. The molecule has 0 heterocycles. The summed E-state index contributed by atoms with van der Waals surface area (Å²) >= 11 is 0. The van der Waals surface area contributed by atoms with Crippen LogP contribution in [0.3, 0.4) is 0 Å². The molecule has 4 heteroatoms. The first-order valence-electron chi connectivity index (χ1n) is 8.03. The van der Waals surface area contributed by atoms with E-state index in [1.807, 2.05) is 19.1 Å². The maximum absolute atomic E-state index is 11.8. The van der Waals surface area contributed by atoms with Crippen molar-refractivity contribution in [3.05, 3.63) is 23.8 Å². The molecule has 0 aromatic heterocycles. The van der Waals surface area contributed by atoms with E-state index in [9.17, 15) is 4.79 Å². The van der Waals surface area contributed by atoms with E-state index in [1.54, 1.807) is 6.07 Å². The van der Waals surface area contributed by atoms with Crippen LogP contribution >= 0.6 is 0 Å². The number of anilines is 2. The van der Waals surface area contributed by atoms with Gasteiger partial charge in [-0.15, -0.1) is 0 Å². The third kappa shape index (κ3) is 4.13. The summed E-state index contributed by atoms with van der Waals surface area (Å²) in [5.41, 5.74) is 8.25. The molecule has 1 fully saturated rings. The van der Waals surface area contributed by atoms with Crippen molar-refractivity contribution in [1.82, 2.24) is 5.32 Å². The molecule has 1 amide bonds. The highest BCUT2D eigenvalue weighted by atomic mass is 16.1. The fourth-order valence-electron chi connectivity index (χ4n) is 3.06. The number of carbonyl (C=O) groups is 1. The summed E-state index contributed by atoms with van der Waals surface area (Å²) in [7, 11) is 0. The van der Waals surface area contributed by atoms with Crippen molar-refractivity contribution in [2.75, 3.05) is 24.1 Å². The van der Waals surface area contributed by atoms with Crippen LogP contribution < -0.4 is 16.4 Å². The number of nitrogen functional groups attached to an aromatic ring is 1. The number of carbonyl (C=O) groups excluding carboxylic acids is 1. The van der Waals surface area contributed by atoms with Crippen molar-refractivity contribution < 1.29 is 4.79 Å². The molecular formula is C17H27N3O. The lowest BCUT2D eigenvalue weighted by molar-refractivity contribution is 0.0956. The van der Waals surface area contributed by atoms with E-state index in [2.05, 4.69) is 17.6 Å². The Hall–Kier alpha value is -1.71. The minimum Gasteiger partial charge on any atom is -0.397 e. The molecule has 1 saturated carbocycles.